The van der Waals surface area contributed by atoms with Crippen LogP contribution in [-0.2, 0) is 5.41 Å². The average Bonchev–Trinajstić information content (AvgIpc) is 3.23. The first-order chi connectivity index (χ1) is 20.6. The van der Waals surface area contributed by atoms with Gasteiger partial charge >= 0.3 is 0 Å². The van der Waals surface area contributed by atoms with Crippen molar-refractivity contribution in [2.45, 2.75) is 71.6 Å². The summed E-state index contributed by atoms with van der Waals surface area (Å²) in [7, 11) is 3.40. The van der Waals surface area contributed by atoms with E-state index in [1.807, 2.05) is 12.1 Å². The molecule has 4 nitrogen and oxygen atoms in total. The molecule has 0 unspecified atom stereocenters. The standard InChI is InChI=1S/C39H45NO3/c1-37(2)22-38(3,4)24-39(23-37)31-13-9-8-12-27(31)36-30-20-33(40-16-10-7-11-17-40)28(19-29(30)34(41)21-32(36)39)26-15-14-25(42-5)18-35(26)43-6/h8-9,12-15,18-21,41H,7,10-11,16-17,22-24H2,1-6H3. The highest BCUT2D eigenvalue weighted by Gasteiger charge is 2.53. The van der Waals surface area contributed by atoms with Crippen LogP contribution in [0.5, 0.6) is 17.2 Å². The van der Waals surface area contributed by atoms with E-state index in [0.29, 0.717) is 5.75 Å². The number of methoxy groups -OCH3 is 2. The van der Waals surface area contributed by atoms with Gasteiger partial charge in [0.1, 0.15) is 17.2 Å². The number of hydrogen-bond donors (Lipinski definition) is 1. The predicted octanol–water partition coefficient (Wildman–Crippen LogP) is 9.72. The number of piperidine rings is 1. The smallest absolute Gasteiger partial charge is 0.130 e. The van der Waals surface area contributed by atoms with Crippen LogP contribution in [0, 0.1) is 10.8 Å². The fourth-order valence-electron chi connectivity index (χ4n) is 9.50. The lowest BCUT2D eigenvalue weighted by Crippen LogP contribution is -2.43. The average molecular weight is 576 g/mol. The molecule has 1 N–H and O–H groups in total. The van der Waals surface area contributed by atoms with Crippen LogP contribution in [-0.4, -0.2) is 32.4 Å². The topological polar surface area (TPSA) is 41.9 Å². The molecular formula is C39H45NO3. The van der Waals surface area contributed by atoms with Crippen LogP contribution >= 0.6 is 0 Å². The maximum atomic E-state index is 11.9. The molecule has 4 aromatic rings. The van der Waals surface area contributed by atoms with Gasteiger partial charge in [0, 0.05) is 46.8 Å². The molecule has 4 heteroatoms. The van der Waals surface area contributed by atoms with Crippen molar-refractivity contribution in [1.29, 1.82) is 0 Å². The fourth-order valence-corrected chi connectivity index (χ4v) is 9.50. The summed E-state index contributed by atoms with van der Waals surface area (Å²) in [5.74, 6) is 1.90. The Kier molecular flexibility index (Phi) is 6.50. The third-order valence-electron chi connectivity index (χ3n) is 10.4. The van der Waals surface area contributed by atoms with Crippen molar-refractivity contribution >= 4 is 16.5 Å². The summed E-state index contributed by atoms with van der Waals surface area (Å²) >= 11 is 0. The van der Waals surface area contributed by atoms with E-state index in [2.05, 4.69) is 81.1 Å². The number of aromatic hydroxyl groups is 1. The van der Waals surface area contributed by atoms with Crippen molar-refractivity contribution in [2.24, 2.45) is 10.8 Å². The minimum Gasteiger partial charge on any atom is -0.507 e. The second-order valence-electron chi connectivity index (χ2n) is 14.8. The molecule has 0 bridgehead atoms. The third kappa shape index (κ3) is 4.48. The molecule has 1 aliphatic heterocycles. The van der Waals surface area contributed by atoms with Gasteiger partial charge in [0.05, 0.1) is 14.2 Å². The van der Waals surface area contributed by atoms with E-state index in [1.54, 1.807) is 14.2 Å². The number of ether oxygens (including phenoxy) is 2. The highest BCUT2D eigenvalue weighted by atomic mass is 16.5. The van der Waals surface area contributed by atoms with Gasteiger partial charge in [0.15, 0.2) is 0 Å². The number of hydrogen-bond acceptors (Lipinski definition) is 4. The van der Waals surface area contributed by atoms with Crippen LogP contribution in [0.4, 0.5) is 5.69 Å². The molecule has 4 aromatic carbocycles. The summed E-state index contributed by atoms with van der Waals surface area (Å²) in [5.41, 5.74) is 8.95. The molecule has 1 spiro atoms. The van der Waals surface area contributed by atoms with Crippen molar-refractivity contribution < 1.29 is 14.6 Å². The Hall–Kier alpha value is -3.66. The van der Waals surface area contributed by atoms with Gasteiger partial charge in [-0.2, -0.15) is 0 Å². The van der Waals surface area contributed by atoms with Crippen molar-refractivity contribution in [3.8, 4) is 39.5 Å². The van der Waals surface area contributed by atoms with Crippen LogP contribution < -0.4 is 14.4 Å². The number of phenolic OH excluding ortho intramolecular Hbond substituents is 1. The quantitative estimate of drug-likeness (QED) is 0.263. The Balaban J connectivity index is 1.54. The molecule has 224 valence electrons. The van der Waals surface area contributed by atoms with Crippen LogP contribution in [0.15, 0.2) is 60.7 Å². The Labute approximate surface area is 256 Å². The van der Waals surface area contributed by atoms with Crippen LogP contribution in [0.1, 0.15) is 77.3 Å². The first-order valence-corrected chi connectivity index (χ1v) is 16.0. The Bertz CT molecular complexity index is 1710. The Morgan fingerprint density at radius 2 is 1.40 bits per heavy atom. The van der Waals surface area contributed by atoms with E-state index in [0.717, 1.165) is 59.3 Å². The summed E-state index contributed by atoms with van der Waals surface area (Å²) in [6, 6.07) is 21.8. The number of phenols is 1. The third-order valence-corrected chi connectivity index (χ3v) is 10.4. The van der Waals surface area contributed by atoms with Gasteiger partial charge in [0.25, 0.3) is 0 Å². The molecule has 0 amide bonds. The summed E-state index contributed by atoms with van der Waals surface area (Å²) in [5, 5.41) is 14.0. The van der Waals surface area contributed by atoms with Gasteiger partial charge in [0.2, 0.25) is 0 Å². The molecule has 43 heavy (non-hydrogen) atoms. The van der Waals surface area contributed by atoms with Crippen LogP contribution in [0.2, 0.25) is 0 Å². The molecule has 0 atom stereocenters. The van der Waals surface area contributed by atoms with E-state index in [1.165, 1.54) is 53.6 Å². The maximum absolute atomic E-state index is 11.9. The van der Waals surface area contributed by atoms with Gasteiger partial charge < -0.3 is 19.5 Å². The van der Waals surface area contributed by atoms with E-state index >= 15 is 0 Å². The van der Waals surface area contributed by atoms with Gasteiger partial charge in [-0.1, -0.05) is 52.0 Å². The zero-order chi connectivity index (χ0) is 30.1. The monoisotopic (exact) mass is 575 g/mol. The lowest BCUT2D eigenvalue weighted by Gasteiger charge is -2.51. The maximum Gasteiger partial charge on any atom is 0.130 e. The van der Waals surface area contributed by atoms with Crippen molar-refractivity contribution in [3.05, 3.63) is 71.8 Å². The van der Waals surface area contributed by atoms with Gasteiger partial charge in [-0.05, 0) is 107 Å². The minimum absolute atomic E-state index is 0.119. The highest BCUT2D eigenvalue weighted by Crippen LogP contribution is 2.65. The number of rotatable bonds is 4. The number of fused-ring (bicyclic) bond motifs is 7. The second-order valence-corrected chi connectivity index (χ2v) is 14.8. The van der Waals surface area contributed by atoms with Crippen molar-refractivity contribution in [2.75, 3.05) is 32.2 Å². The molecular weight excluding hydrogens is 530 g/mol. The molecule has 2 aliphatic carbocycles. The molecule has 7 rings (SSSR count). The lowest BCUT2D eigenvalue weighted by molar-refractivity contribution is 0.0645. The first kappa shape index (κ1) is 28.1. The van der Waals surface area contributed by atoms with Gasteiger partial charge in [-0.25, -0.2) is 0 Å². The normalized spacial score (nSPS) is 19.7. The molecule has 1 heterocycles. The zero-order valence-electron chi connectivity index (χ0n) is 26.6. The highest BCUT2D eigenvalue weighted by molar-refractivity contribution is 6.09. The van der Waals surface area contributed by atoms with E-state index in [-0.39, 0.29) is 16.2 Å². The van der Waals surface area contributed by atoms with Crippen LogP contribution in [0.25, 0.3) is 33.0 Å². The van der Waals surface area contributed by atoms with Gasteiger partial charge in [-0.15, -0.1) is 0 Å². The van der Waals surface area contributed by atoms with E-state index in [4.69, 9.17) is 9.47 Å². The Morgan fingerprint density at radius 1 is 0.674 bits per heavy atom. The SMILES string of the molecule is COc1ccc(-c2cc3c(O)cc4c(c3cc2N2CCCCC2)-c2ccccc2C42CC(C)(C)CC(C)(C)C2)c(OC)c1. The van der Waals surface area contributed by atoms with E-state index in [9.17, 15) is 5.11 Å². The number of nitrogens with zero attached hydrogens (tertiary/aromatic N) is 1. The summed E-state index contributed by atoms with van der Waals surface area (Å²) < 4.78 is 11.4. The molecule has 0 radical (unpaired) electrons. The molecule has 2 fully saturated rings. The number of benzene rings is 4. The van der Waals surface area contributed by atoms with Gasteiger partial charge in [-0.3, -0.25) is 0 Å². The second kappa shape index (κ2) is 9.94. The molecule has 0 aromatic heterocycles. The summed E-state index contributed by atoms with van der Waals surface area (Å²) in [6.07, 6.45) is 7.00. The van der Waals surface area contributed by atoms with Crippen molar-refractivity contribution in [3.63, 3.8) is 0 Å². The Morgan fingerprint density at radius 3 is 2.09 bits per heavy atom. The van der Waals surface area contributed by atoms with Crippen molar-refractivity contribution in [1.82, 2.24) is 0 Å². The molecule has 1 saturated carbocycles. The first-order valence-electron chi connectivity index (χ1n) is 16.0. The number of anilines is 1. The molecule has 1 saturated heterocycles. The summed E-state index contributed by atoms with van der Waals surface area (Å²) in [6.45, 7) is 11.8. The van der Waals surface area contributed by atoms with Crippen LogP contribution in [0.3, 0.4) is 0 Å². The molecule has 3 aliphatic rings. The van der Waals surface area contributed by atoms with E-state index < -0.39 is 0 Å². The zero-order valence-corrected chi connectivity index (χ0v) is 26.6. The fraction of sp³-hybridized carbons (Fsp3) is 0.436. The largest absolute Gasteiger partial charge is 0.507 e. The summed E-state index contributed by atoms with van der Waals surface area (Å²) in [4.78, 5) is 2.54. The lowest BCUT2D eigenvalue weighted by atomic mass is 9.52. The minimum atomic E-state index is -0.119. The predicted molar refractivity (Wildman–Crippen MR) is 178 cm³/mol.